The van der Waals surface area contributed by atoms with Crippen molar-refractivity contribution in [1.82, 2.24) is 16.0 Å². The molecular weight excluding hydrogens is 582 g/mol. The van der Waals surface area contributed by atoms with Gasteiger partial charge < -0.3 is 20.1 Å². The van der Waals surface area contributed by atoms with Gasteiger partial charge in [0.05, 0.1) is 6.10 Å². The first-order valence-corrected chi connectivity index (χ1v) is 15.8. The molecule has 244 valence electrons. The van der Waals surface area contributed by atoms with Crippen LogP contribution in [0.1, 0.15) is 57.2 Å². The Hall–Kier alpha value is -4.50. The number of hydrogen-bond acceptors (Lipinski definition) is 6. The fourth-order valence-corrected chi connectivity index (χ4v) is 5.24. The average molecular weight is 628 g/mol. The van der Waals surface area contributed by atoms with Crippen molar-refractivity contribution in [1.29, 1.82) is 0 Å². The number of benzene rings is 3. The van der Waals surface area contributed by atoms with Crippen LogP contribution in [0.25, 0.3) is 0 Å². The third-order valence-electron chi connectivity index (χ3n) is 8.04. The maximum absolute atomic E-state index is 13.7. The van der Waals surface area contributed by atoms with Crippen LogP contribution in [-0.2, 0) is 43.3 Å². The number of aryl methyl sites for hydroxylation is 1. The number of ether oxygens (including phenoxy) is 2. The van der Waals surface area contributed by atoms with Crippen molar-refractivity contribution in [2.45, 2.75) is 84.3 Å². The number of epoxide rings is 1. The minimum atomic E-state index is -0.886. The number of amides is 4. The SMILES string of the molecule is C[C@@H](CCc1ccccc1)C(=O)NC(=O)[C@H]1OC1C[C@H](Cc1ccccc1)NC(=O)[C@@H](NC(=O)OCc1ccccc1)C(C)(C)C. The van der Waals surface area contributed by atoms with E-state index in [0.717, 1.165) is 23.1 Å². The molecular formula is C37H45N3O6. The molecule has 1 unspecified atom stereocenters. The molecule has 0 spiro atoms. The van der Waals surface area contributed by atoms with Gasteiger partial charge >= 0.3 is 6.09 Å². The summed E-state index contributed by atoms with van der Waals surface area (Å²) in [5.74, 6) is -1.51. The average Bonchev–Trinajstić information content (AvgIpc) is 3.81. The summed E-state index contributed by atoms with van der Waals surface area (Å²) in [6.07, 6.45) is 0.276. The van der Waals surface area contributed by atoms with Crippen LogP contribution in [0.2, 0.25) is 0 Å². The maximum Gasteiger partial charge on any atom is 0.408 e. The largest absolute Gasteiger partial charge is 0.445 e. The fraction of sp³-hybridized carbons (Fsp3) is 0.405. The lowest BCUT2D eigenvalue weighted by Gasteiger charge is -2.31. The van der Waals surface area contributed by atoms with Crippen LogP contribution in [0.5, 0.6) is 0 Å². The van der Waals surface area contributed by atoms with Crippen molar-refractivity contribution in [3.63, 3.8) is 0 Å². The van der Waals surface area contributed by atoms with E-state index in [9.17, 15) is 19.2 Å². The second-order valence-corrected chi connectivity index (χ2v) is 13.0. The molecule has 1 aliphatic heterocycles. The molecule has 1 fully saturated rings. The lowest BCUT2D eigenvalue weighted by atomic mass is 9.85. The lowest BCUT2D eigenvalue weighted by molar-refractivity contribution is -0.133. The second kappa shape index (κ2) is 16.2. The predicted molar refractivity (Wildman–Crippen MR) is 175 cm³/mol. The van der Waals surface area contributed by atoms with Crippen molar-refractivity contribution in [3.05, 3.63) is 108 Å². The standard InChI is InChI=1S/C37H45N3O6/c1-25(20-21-26-14-8-5-9-15-26)33(41)40-34(42)31-30(46-31)23-29(22-27-16-10-6-11-17-27)38-35(43)32(37(2,3)4)39-36(44)45-24-28-18-12-7-13-19-28/h5-19,25,29-32H,20-24H2,1-4H3,(H,38,43)(H,39,44)(H,40,41,42)/t25-,29-,30?,31-,32+/m0/s1. The molecule has 1 saturated heterocycles. The number of hydrogen-bond donors (Lipinski definition) is 3. The monoisotopic (exact) mass is 627 g/mol. The minimum Gasteiger partial charge on any atom is -0.445 e. The minimum absolute atomic E-state index is 0.0819. The Balaban J connectivity index is 1.33. The summed E-state index contributed by atoms with van der Waals surface area (Å²) < 4.78 is 11.1. The summed E-state index contributed by atoms with van der Waals surface area (Å²) in [6.45, 7) is 7.48. The van der Waals surface area contributed by atoms with Gasteiger partial charge in [-0.1, -0.05) is 119 Å². The summed E-state index contributed by atoms with van der Waals surface area (Å²) >= 11 is 0. The molecule has 5 atom stereocenters. The van der Waals surface area contributed by atoms with E-state index in [0.29, 0.717) is 19.3 Å². The van der Waals surface area contributed by atoms with Crippen molar-refractivity contribution in [3.8, 4) is 0 Å². The molecule has 0 aliphatic carbocycles. The van der Waals surface area contributed by atoms with E-state index in [-0.39, 0.29) is 24.3 Å². The molecule has 4 rings (SSSR count). The van der Waals surface area contributed by atoms with Crippen LogP contribution in [-0.4, -0.2) is 48.1 Å². The van der Waals surface area contributed by atoms with Crippen LogP contribution in [0.4, 0.5) is 4.79 Å². The van der Waals surface area contributed by atoms with Gasteiger partial charge in [-0.3, -0.25) is 19.7 Å². The Morgan fingerprint density at radius 1 is 0.783 bits per heavy atom. The quantitative estimate of drug-likeness (QED) is 0.213. The Bertz CT molecular complexity index is 1440. The molecule has 3 aromatic carbocycles. The van der Waals surface area contributed by atoms with Gasteiger partial charge in [-0.2, -0.15) is 0 Å². The van der Waals surface area contributed by atoms with E-state index in [1.54, 1.807) is 6.92 Å². The third-order valence-corrected chi connectivity index (χ3v) is 8.04. The summed E-state index contributed by atoms with van der Waals surface area (Å²) in [5, 5.41) is 8.33. The number of alkyl carbamates (subject to hydrolysis) is 1. The van der Waals surface area contributed by atoms with E-state index in [1.165, 1.54) is 0 Å². The molecule has 0 aromatic heterocycles. The molecule has 1 heterocycles. The summed E-state index contributed by atoms with van der Waals surface area (Å²) in [4.78, 5) is 52.0. The molecule has 9 heteroatoms. The van der Waals surface area contributed by atoms with Gasteiger partial charge in [0.1, 0.15) is 12.6 Å². The fourth-order valence-electron chi connectivity index (χ4n) is 5.24. The maximum atomic E-state index is 13.7. The highest BCUT2D eigenvalue weighted by atomic mass is 16.6. The smallest absolute Gasteiger partial charge is 0.408 e. The van der Waals surface area contributed by atoms with Crippen LogP contribution in [0, 0.1) is 11.3 Å². The Morgan fingerprint density at radius 2 is 1.35 bits per heavy atom. The predicted octanol–water partition coefficient (Wildman–Crippen LogP) is 5.12. The second-order valence-electron chi connectivity index (χ2n) is 13.0. The third kappa shape index (κ3) is 10.8. The van der Waals surface area contributed by atoms with Gasteiger partial charge in [-0.15, -0.1) is 0 Å². The van der Waals surface area contributed by atoms with E-state index >= 15 is 0 Å². The molecule has 4 amide bonds. The Labute approximate surface area is 271 Å². The van der Waals surface area contributed by atoms with Crippen LogP contribution >= 0.6 is 0 Å². The molecule has 1 aliphatic rings. The highest BCUT2D eigenvalue weighted by molar-refractivity contribution is 5.99. The summed E-state index contributed by atoms with van der Waals surface area (Å²) in [5.41, 5.74) is 2.35. The van der Waals surface area contributed by atoms with Gasteiger partial charge in [-0.05, 0) is 47.8 Å². The molecule has 3 N–H and O–H groups in total. The van der Waals surface area contributed by atoms with Crippen LogP contribution in [0.15, 0.2) is 91.0 Å². The van der Waals surface area contributed by atoms with E-state index in [2.05, 4.69) is 16.0 Å². The Kier molecular flexibility index (Phi) is 12.1. The first-order valence-electron chi connectivity index (χ1n) is 15.8. The van der Waals surface area contributed by atoms with Gasteiger partial charge in [0.2, 0.25) is 11.8 Å². The molecule has 0 bridgehead atoms. The van der Waals surface area contributed by atoms with E-state index in [1.807, 2.05) is 112 Å². The summed E-state index contributed by atoms with van der Waals surface area (Å²) in [6, 6.07) is 27.6. The number of imide groups is 1. The highest BCUT2D eigenvalue weighted by Crippen LogP contribution is 2.29. The first-order chi connectivity index (χ1) is 22.0. The lowest BCUT2D eigenvalue weighted by Crippen LogP contribution is -2.56. The first kappa shape index (κ1) is 34.4. The topological polar surface area (TPSA) is 126 Å². The van der Waals surface area contributed by atoms with E-state index in [4.69, 9.17) is 9.47 Å². The number of carbonyl (C=O) groups excluding carboxylic acids is 4. The normalized spacial score (nSPS) is 17.6. The zero-order valence-electron chi connectivity index (χ0n) is 27.0. The van der Waals surface area contributed by atoms with Gasteiger partial charge in [-0.25, -0.2) is 4.79 Å². The van der Waals surface area contributed by atoms with E-state index < -0.39 is 41.7 Å². The molecule has 0 saturated carbocycles. The van der Waals surface area contributed by atoms with Crippen molar-refractivity contribution in [2.24, 2.45) is 11.3 Å². The number of nitrogens with one attached hydrogen (secondary N) is 3. The molecule has 46 heavy (non-hydrogen) atoms. The molecule has 9 nitrogen and oxygen atoms in total. The van der Waals surface area contributed by atoms with Gasteiger partial charge in [0.25, 0.3) is 5.91 Å². The summed E-state index contributed by atoms with van der Waals surface area (Å²) in [7, 11) is 0. The molecule has 0 radical (unpaired) electrons. The van der Waals surface area contributed by atoms with Crippen LogP contribution < -0.4 is 16.0 Å². The zero-order chi connectivity index (χ0) is 33.1. The molecule has 3 aromatic rings. The highest BCUT2D eigenvalue weighted by Gasteiger charge is 2.47. The Morgan fingerprint density at radius 3 is 1.93 bits per heavy atom. The van der Waals surface area contributed by atoms with Crippen LogP contribution in [0.3, 0.4) is 0 Å². The zero-order valence-corrected chi connectivity index (χ0v) is 27.0. The van der Waals surface area contributed by atoms with Gasteiger partial charge in [0.15, 0.2) is 6.10 Å². The van der Waals surface area contributed by atoms with Crippen molar-refractivity contribution < 1.29 is 28.7 Å². The van der Waals surface area contributed by atoms with Crippen molar-refractivity contribution in [2.75, 3.05) is 0 Å². The van der Waals surface area contributed by atoms with Crippen molar-refractivity contribution >= 4 is 23.8 Å². The van der Waals surface area contributed by atoms with Gasteiger partial charge in [0, 0.05) is 12.0 Å². The number of rotatable bonds is 14. The number of carbonyl (C=O) groups is 4.